The molecule has 0 saturated carbocycles. The van der Waals surface area contributed by atoms with E-state index < -0.39 is 0 Å². The lowest BCUT2D eigenvalue weighted by atomic mass is 9.96. The van der Waals surface area contributed by atoms with Crippen molar-refractivity contribution in [1.82, 2.24) is 4.98 Å². The summed E-state index contributed by atoms with van der Waals surface area (Å²) in [6, 6.07) is 4.34. The fraction of sp³-hybridized carbons (Fsp3) is 0.538. The lowest BCUT2D eigenvalue weighted by Crippen LogP contribution is -2.00. The predicted molar refractivity (Wildman–Crippen MR) is 134 cm³/mol. The Bertz CT molecular complexity index is 851. The number of oxime groups is 1. The summed E-state index contributed by atoms with van der Waals surface area (Å²) in [6.45, 7) is 9.63. The first kappa shape index (κ1) is 25.9. The Morgan fingerprint density at radius 2 is 1.72 bits per heavy atom. The number of hydrogen-bond acceptors (Lipinski definition) is 6. The molecule has 0 atom stereocenters. The highest BCUT2D eigenvalue weighted by molar-refractivity contribution is 7.11. The second-order valence-electron chi connectivity index (χ2n) is 7.99. The first-order valence-electron chi connectivity index (χ1n) is 11.6. The van der Waals surface area contributed by atoms with Crippen molar-refractivity contribution in [1.29, 1.82) is 0 Å². The van der Waals surface area contributed by atoms with Crippen LogP contribution in [0.1, 0.15) is 74.8 Å². The van der Waals surface area contributed by atoms with E-state index in [1.54, 1.807) is 0 Å². The van der Waals surface area contributed by atoms with Crippen molar-refractivity contribution in [2.24, 2.45) is 5.16 Å². The summed E-state index contributed by atoms with van der Waals surface area (Å²) in [5.41, 5.74) is 5.73. The molecular formula is C26H38N2O3S. The van der Waals surface area contributed by atoms with Crippen LogP contribution < -0.4 is 9.47 Å². The Balaban J connectivity index is 1.57. The number of allylic oxidation sites excluding steroid dienone is 1. The second-order valence-corrected chi connectivity index (χ2v) is 8.81. The molecule has 0 amide bonds. The van der Waals surface area contributed by atoms with Gasteiger partial charge in [0.15, 0.2) is 0 Å². The zero-order chi connectivity index (χ0) is 23.2. The van der Waals surface area contributed by atoms with E-state index in [0.29, 0.717) is 18.4 Å². The molecule has 0 saturated heterocycles. The molecular weight excluding hydrogens is 420 g/mol. The highest BCUT2D eigenvalue weighted by atomic mass is 32.1. The van der Waals surface area contributed by atoms with Gasteiger partial charge in [0, 0.05) is 5.38 Å². The van der Waals surface area contributed by atoms with Crippen LogP contribution in [0.4, 0.5) is 0 Å². The van der Waals surface area contributed by atoms with Gasteiger partial charge in [-0.2, -0.15) is 0 Å². The van der Waals surface area contributed by atoms with Crippen molar-refractivity contribution in [2.75, 3.05) is 20.3 Å². The van der Waals surface area contributed by atoms with E-state index in [1.165, 1.54) is 67.2 Å². The molecule has 1 aromatic carbocycles. The van der Waals surface area contributed by atoms with E-state index in [0.717, 1.165) is 30.0 Å². The summed E-state index contributed by atoms with van der Waals surface area (Å²) in [4.78, 5) is 9.21. The molecule has 6 heteroatoms. The number of rotatable bonds is 15. The first-order chi connectivity index (χ1) is 15.5. The molecule has 0 unspecified atom stereocenters. The minimum Gasteiger partial charge on any atom is -0.490 e. The predicted octanol–water partition coefficient (Wildman–Crippen LogP) is 7.05. The third-order valence-corrected chi connectivity index (χ3v) is 6.13. The summed E-state index contributed by atoms with van der Waals surface area (Å²) in [7, 11) is 1.54. The molecule has 0 bridgehead atoms. The van der Waals surface area contributed by atoms with E-state index >= 15 is 0 Å². The number of unbranched alkanes of at least 4 members (excludes halogenated alkanes) is 5. The number of nitrogens with zero attached hydrogens (tertiary/aromatic N) is 2. The van der Waals surface area contributed by atoms with Gasteiger partial charge in [-0.3, -0.25) is 0 Å². The highest BCUT2D eigenvalue weighted by Crippen LogP contribution is 2.24. The molecule has 2 aromatic rings. The van der Waals surface area contributed by atoms with Crippen molar-refractivity contribution in [3.05, 3.63) is 52.0 Å². The minimum absolute atomic E-state index is 0.632. The van der Waals surface area contributed by atoms with Gasteiger partial charge in [-0.15, -0.1) is 0 Å². The molecule has 176 valence electrons. The number of aryl methyl sites for hydroxylation is 2. The van der Waals surface area contributed by atoms with Gasteiger partial charge < -0.3 is 14.3 Å². The second kappa shape index (κ2) is 14.7. The third kappa shape index (κ3) is 9.03. The number of aromatic nitrogens is 1. The molecule has 0 aliphatic heterocycles. The van der Waals surface area contributed by atoms with Gasteiger partial charge in [-0.05, 0) is 75.8 Å². The van der Waals surface area contributed by atoms with Crippen LogP contribution in [-0.2, 0) is 11.3 Å². The van der Waals surface area contributed by atoms with Crippen LogP contribution in [0.3, 0.4) is 0 Å². The molecule has 1 heterocycles. The van der Waals surface area contributed by atoms with Crippen molar-refractivity contribution in [3.8, 4) is 10.9 Å². The van der Waals surface area contributed by atoms with Crippen LogP contribution in [0.25, 0.3) is 0 Å². The Kier molecular flexibility index (Phi) is 11.9. The van der Waals surface area contributed by atoms with Crippen LogP contribution in [0.5, 0.6) is 10.9 Å². The molecule has 5 nitrogen and oxygen atoms in total. The van der Waals surface area contributed by atoms with Crippen LogP contribution in [0.15, 0.2) is 34.8 Å². The maximum atomic E-state index is 5.79. The number of hydrogen-bond donors (Lipinski definition) is 0. The Hall–Kier alpha value is -2.34. The van der Waals surface area contributed by atoms with Gasteiger partial charge in [0.2, 0.25) is 0 Å². The van der Waals surface area contributed by atoms with Crippen molar-refractivity contribution < 1.29 is 14.3 Å². The molecule has 0 fully saturated rings. The molecule has 0 radical (unpaired) electrons. The SMILES string of the molecule is C/C=C/COc1cc(C)c(CCCCCCCCOc2nc(C(C)=NOC)cs2)c(C)c1. The lowest BCUT2D eigenvalue weighted by molar-refractivity contribution is 0.213. The largest absolute Gasteiger partial charge is 0.490 e. The van der Waals surface area contributed by atoms with Gasteiger partial charge in [0.05, 0.1) is 6.61 Å². The summed E-state index contributed by atoms with van der Waals surface area (Å²) < 4.78 is 11.6. The van der Waals surface area contributed by atoms with Gasteiger partial charge in [-0.25, -0.2) is 4.98 Å². The maximum absolute atomic E-state index is 5.79. The quantitative estimate of drug-likeness (QED) is 0.124. The molecule has 0 N–H and O–H groups in total. The molecule has 0 spiro atoms. The maximum Gasteiger partial charge on any atom is 0.273 e. The standard InChI is InChI=1S/C26H38N2O3S/c1-6-7-15-30-23-17-20(2)24(21(3)18-23)14-12-10-8-9-11-13-16-31-26-27-25(19-32-26)22(4)28-29-5/h6-7,17-19H,8-16H2,1-5H3/b7-6+,28-22?. The van der Waals surface area contributed by atoms with Crippen molar-refractivity contribution in [3.63, 3.8) is 0 Å². The van der Waals surface area contributed by atoms with Crippen LogP contribution >= 0.6 is 11.3 Å². The Morgan fingerprint density at radius 3 is 2.41 bits per heavy atom. The minimum atomic E-state index is 0.632. The molecule has 2 rings (SSSR count). The highest BCUT2D eigenvalue weighted by Gasteiger charge is 2.07. The molecule has 0 aliphatic rings. The molecule has 0 aliphatic carbocycles. The zero-order valence-corrected chi connectivity index (χ0v) is 21.1. The molecule has 32 heavy (non-hydrogen) atoms. The van der Waals surface area contributed by atoms with Gasteiger partial charge in [0.1, 0.15) is 30.9 Å². The number of benzene rings is 1. The smallest absolute Gasteiger partial charge is 0.273 e. The van der Waals surface area contributed by atoms with Crippen LogP contribution in [0, 0.1) is 13.8 Å². The Morgan fingerprint density at radius 1 is 1.03 bits per heavy atom. The Labute approximate surface area is 197 Å². The van der Waals surface area contributed by atoms with E-state index in [2.05, 4.69) is 36.1 Å². The van der Waals surface area contributed by atoms with Crippen LogP contribution in [-0.4, -0.2) is 31.0 Å². The normalized spacial score (nSPS) is 11.8. The fourth-order valence-electron chi connectivity index (χ4n) is 3.62. The monoisotopic (exact) mass is 458 g/mol. The van der Waals surface area contributed by atoms with Gasteiger partial charge in [0.25, 0.3) is 5.19 Å². The summed E-state index contributed by atoms with van der Waals surface area (Å²) >= 11 is 1.50. The van der Waals surface area contributed by atoms with Gasteiger partial charge >= 0.3 is 0 Å². The summed E-state index contributed by atoms with van der Waals surface area (Å²) in [5.74, 6) is 0.969. The van der Waals surface area contributed by atoms with Crippen LogP contribution in [0.2, 0.25) is 0 Å². The van der Waals surface area contributed by atoms with Crippen molar-refractivity contribution >= 4 is 17.0 Å². The molecule has 1 aromatic heterocycles. The topological polar surface area (TPSA) is 52.9 Å². The summed E-state index contributed by atoms with van der Waals surface area (Å²) in [5, 5.41) is 6.55. The van der Waals surface area contributed by atoms with E-state index in [-0.39, 0.29) is 0 Å². The lowest BCUT2D eigenvalue weighted by Gasteiger charge is -2.13. The number of ether oxygens (including phenoxy) is 2. The average molecular weight is 459 g/mol. The number of thiazole rings is 1. The zero-order valence-electron chi connectivity index (χ0n) is 20.3. The third-order valence-electron chi connectivity index (χ3n) is 5.38. The summed E-state index contributed by atoms with van der Waals surface area (Å²) in [6.07, 6.45) is 12.5. The van der Waals surface area contributed by atoms with Gasteiger partial charge in [-0.1, -0.05) is 54.3 Å². The average Bonchev–Trinajstić information content (AvgIpc) is 3.23. The first-order valence-corrected chi connectivity index (χ1v) is 12.4. The van der Waals surface area contributed by atoms with E-state index in [4.69, 9.17) is 14.3 Å². The van der Waals surface area contributed by atoms with E-state index in [9.17, 15) is 0 Å². The van der Waals surface area contributed by atoms with E-state index in [1.807, 2.05) is 31.4 Å². The van der Waals surface area contributed by atoms with Crippen molar-refractivity contribution in [2.45, 2.75) is 72.6 Å². The fourth-order valence-corrected chi connectivity index (χ4v) is 4.35.